The van der Waals surface area contributed by atoms with Crippen LogP contribution in [0.25, 0.3) is 0 Å². The molecule has 2 atom stereocenters. The topological polar surface area (TPSA) is 80.4 Å². The molecule has 6 heteroatoms. The van der Waals surface area contributed by atoms with Gasteiger partial charge in [0.05, 0.1) is 5.92 Å². The van der Waals surface area contributed by atoms with Crippen molar-refractivity contribution in [3.63, 3.8) is 0 Å². The molecular weight excluding hydrogens is 294 g/mol. The summed E-state index contributed by atoms with van der Waals surface area (Å²) in [4.78, 5) is 22.5. The van der Waals surface area contributed by atoms with Crippen molar-refractivity contribution in [3.05, 3.63) is 45.0 Å². The van der Waals surface area contributed by atoms with Crippen LogP contribution >= 0.6 is 11.6 Å². The number of nitro groups is 1. The summed E-state index contributed by atoms with van der Waals surface area (Å²) in [5, 5.41) is 18.5. The Morgan fingerprint density at radius 3 is 2.48 bits per heavy atom. The molecule has 0 aromatic heterocycles. The fourth-order valence-corrected chi connectivity index (χ4v) is 2.90. The van der Waals surface area contributed by atoms with Gasteiger partial charge in [0.1, 0.15) is 5.78 Å². The summed E-state index contributed by atoms with van der Waals surface area (Å²) < 4.78 is 0. The summed E-state index contributed by atoms with van der Waals surface area (Å²) in [5.41, 5.74) is 0.835. The largest absolute Gasteiger partial charge is 0.400 e. The van der Waals surface area contributed by atoms with Crippen molar-refractivity contribution < 1.29 is 14.8 Å². The first-order chi connectivity index (χ1) is 10.1. The molecule has 1 aromatic carbocycles. The zero-order valence-corrected chi connectivity index (χ0v) is 12.8. The minimum atomic E-state index is -0.333. The van der Waals surface area contributed by atoms with Crippen LogP contribution in [0, 0.1) is 16.0 Å². The third-order valence-electron chi connectivity index (χ3n) is 3.73. The molecule has 2 unspecified atom stereocenters. The number of halogens is 1. The third kappa shape index (κ3) is 5.10. The van der Waals surface area contributed by atoms with Crippen molar-refractivity contribution in [1.29, 1.82) is 0 Å². The number of nitrogens with zero attached hydrogens (tertiary/aromatic N) is 1. The van der Waals surface area contributed by atoms with Crippen LogP contribution in [0.2, 0.25) is 5.02 Å². The fraction of sp³-hybridized carbons (Fsp3) is 0.533. The maximum Gasteiger partial charge on any atom is 0.211 e. The molecule has 1 fully saturated rings. The number of carbonyl (C=O) groups is 1. The van der Waals surface area contributed by atoms with E-state index in [1.165, 1.54) is 0 Å². The summed E-state index contributed by atoms with van der Waals surface area (Å²) in [6, 6.07) is 7.02. The molecule has 0 saturated heterocycles. The van der Waals surface area contributed by atoms with E-state index in [1.54, 1.807) is 24.3 Å². The van der Waals surface area contributed by atoms with E-state index in [1.807, 2.05) is 0 Å². The lowest BCUT2D eigenvalue weighted by Gasteiger charge is -2.27. The Labute approximate surface area is 129 Å². The van der Waals surface area contributed by atoms with E-state index in [4.69, 9.17) is 16.7 Å². The van der Waals surface area contributed by atoms with Gasteiger partial charge in [0.25, 0.3) is 0 Å². The number of Topliss-reactive ketones (excluding diaryl/α,β-unsaturated/α-hetero) is 1. The molecule has 1 aliphatic rings. The first-order valence-corrected chi connectivity index (χ1v) is 7.30. The highest BCUT2D eigenvalue weighted by Crippen LogP contribution is 2.34. The molecule has 1 N–H and O–H groups in total. The SMILES string of the molecule is CO.O=C1CCCCC1C(C[N+](=O)[O-])c1ccc(Cl)cc1. The number of rotatable bonds is 4. The maximum atomic E-state index is 12.0. The van der Waals surface area contributed by atoms with Gasteiger partial charge in [-0.2, -0.15) is 0 Å². The predicted molar refractivity (Wildman–Crippen MR) is 81.2 cm³/mol. The van der Waals surface area contributed by atoms with E-state index in [2.05, 4.69) is 0 Å². The number of carbonyl (C=O) groups excluding carboxylic acids is 1. The second-order valence-corrected chi connectivity index (χ2v) is 5.43. The minimum absolute atomic E-state index is 0.160. The van der Waals surface area contributed by atoms with E-state index in [0.29, 0.717) is 11.4 Å². The second-order valence-electron chi connectivity index (χ2n) is 4.99. The normalized spacial score (nSPS) is 19.4. The first-order valence-electron chi connectivity index (χ1n) is 6.92. The van der Waals surface area contributed by atoms with Crippen LogP contribution in [-0.2, 0) is 4.79 Å². The van der Waals surface area contributed by atoms with Crippen molar-refractivity contribution in [2.75, 3.05) is 13.7 Å². The molecule has 0 spiro atoms. The van der Waals surface area contributed by atoms with Crippen molar-refractivity contribution in [1.82, 2.24) is 0 Å². The molecule has 2 rings (SSSR count). The molecule has 0 aliphatic heterocycles. The lowest BCUT2D eigenvalue weighted by molar-refractivity contribution is -0.484. The monoisotopic (exact) mass is 313 g/mol. The molecule has 5 nitrogen and oxygen atoms in total. The predicted octanol–water partition coefficient (Wildman–Crippen LogP) is 3.07. The Kier molecular flexibility index (Phi) is 7.32. The van der Waals surface area contributed by atoms with Crippen LogP contribution < -0.4 is 0 Å². The van der Waals surface area contributed by atoms with Crippen LogP contribution in [0.4, 0.5) is 0 Å². The van der Waals surface area contributed by atoms with Gasteiger partial charge in [0, 0.05) is 29.4 Å². The van der Waals surface area contributed by atoms with Gasteiger partial charge in [-0.1, -0.05) is 30.2 Å². The Morgan fingerprint density at radius 2 is 1.95 bits per heavy atom. The highest BCUT2D eigenvalue weighted by molar-refractivity contribution is 6.30. The summed E-state index contributed by atoms with van der Waals surface area (Å²) in [6.45, 7) is -0.196. The third-order valence-corrected chi connectivity index (χ3v) is 3.98. The molecule has 0 bridgehead atoms. The van der Waals surface area contributed by atoms with Gasteiger partial charge >= 0.3 is 0 Å². The van der Waals surface area contributed by atoms with Crippen LogP contribution in [0.1, 0.15) is 37.2 Å². The molecule has 116 valence electrons. The lowest BCUT2D eigenvalue weighted by Crippen LogP contribution is -2.30. The molecule has 1 aromatic rings. The Balaban J connectivity index is 0.00000106. The minimum Gasteiger partial charge on any atom is -0.400 e. The van der Waals surface area contributed by atoms with Gasteiger partial charge in [-0.05, 0) is 30.5 Å². The molecule has 0 amide bonds. The maximum absolute atomic E-state index is 12.0. The van der Waals surface area contributed by atoms with E-state index < -0.39 is 0 Å². The quantitative estimate of drug-likeness (QED) is 0.684. The van der Waals surface area contributed by atoms with E-state index >= 15 is 0 Å². The number of hydrogen-bond donors (Lipinski definition) is 1. The summed E-state index contributed by atoms with van der Waals surface area (Å²) >= 11 is 5.84. The van der Waals surface area contributed by atoms with Crippen LogP contribution in [-0.4, -0.2) is 29.5 Å². The lowest BCUT2D eigenvalue weighted by atomic mass is 9.76. The van der Waals surface area contributed by atoms with Crippen LogP contribution in [0.15, 0.2) is 24.3 Å². The summed E-state index contributed by atoms with van der Waals surface area (Å²) in [7, 11) is 1.00. The number of hydrogen-bond acceptors (Lipinski definition) is 4. The highest BCUT2D eigenvalue weighted by Gasteiger charge is 2.34. The molecule has 1 saturated carbocycles. The van der Waals surface area contributed by atoms with Gasteiger partial charge in [-0.25, -0.2) is 0 Å². The highest BCUT2D eigenvalue weighted by atomic mass is 35.5. The molecule has 1 aliphatic carbocycles. The van der Waals surface area contributed by atoms with E-state index in [9.17, 15) is 14.9 Å². The number of ketones is 1. The zero-order chi connectivity index (χ0) is 15.8. The van der Waals surface area contributed by atoms with Gasteiger partial charge in [-0.15, -0.1) is 0 Å². The van der Waals surface area contributed by atoms with Gasteiger partial charge < -0.3 is 5.11 Å². The standard InChI is InChI=1S/C14H16ClNO3.CH4O/c15-11-7-5-10(6-8-11)13(9-16(18)19)12-3-1-2-4-14(12)17;1-2/h5-8,12-13H,1-4,9H2;2H,1H3. The molecular formula is C15H20ClNO4. The van der Waals surface area contributed by atoms with Crippen molar-refractivity contribution >= 4 is 17.4 Å². The average molecular weight is 314 g/mol. The molecule has 0 heterocycles. The van der Waals surface area contributed by atoms with Crippen LogP contribution in [0.3, 0.4) is 0 Å². The average Bonchev–Trinajstić information content (AvgIpc) is 2.48. The van der Waals surface area contributed by atoms with E-state index in [0.717, 1.165) is 31.9 Å². The Morgan fingerprint density at radius 1 is 1.33 bits per heavy atom. The Hall–Kier alpha value is -1.46. The van der Waals surface area contributed by atoms with Crippen LogP contribution in [0.5, 0.6) is 0 Å². The van der Waals surface area contributed by atoms with Crippen molar-refractivity contribution in [2.45, 2.75) is 31.6 Å². The zero-order valence-electron chi connectivity index (χ0n) is 12.0. The first kappa shape index (κ1) is 17.6. The van der Waals surface area contributed by atoms with Crippen molar-refractivity contribution in [2.24, 2.45) is 5.92 Å². The van der Waals surface area contributed by atoms with E-state index in [-0.39, 0.29) is 29.1 Å². The Bertz CT molecular complexity index is 475. The smallest absolute Gasteiger partial charge is 0.211 e. The van der Waals surface area contributed by atoms with Gasteiger partial charge in [0.2, 0.25) is 6.54 Å². The molecule has 0 radical (unpaired) electrons. The number of aliphatic hydroxyl groups excluding tert-OH is 1. The fourth-order valence-electron chi connectivity index (χ4n) is 2.77. The summed E-state index contributed by atoms with van der Waals surface area (Å²) in [5.74, 6) is -0.395. The van der Waals surface area contributed by atoms with Gasteiger partial charge in [0.15, 0.2) is 0 Å². The van der Waals surface area contributed by atoms with Gasteiger partial charge in [-0.3, -0.25) is 14.9 Å². The molecule has 21 heavy (non-hydrogen) atoms. The summed E-state index contributed by atoms with van der Waals surface area (Å²) in [6.07, 6.45) is 3.17. The number of benzene rings is 1. The van der Waals surface area contributed by atoms with Crippen molar-refractivity contribution in [3.8, 4) is 0 Å². The second kappa shape index (κ2) is 8.74. The number of aliphatic hydroxyl groups is 1.